The van der Waals surface area contributed by atoms with Gasteiger partial charge in [0, 0.05) is 17.2 Å². The minimum absolute atomic E-state index is 0.0232. The molecule has 2 amide bonds. The average Bonchev–Trinajstić information content (AvgIpc) is 2.97. The third-order valence-corrected chi connectivity index (χ3v) is 4.95. The van der Waals surface area contributed by atoms with Crippen LogP contribution in [0.4, 0.5) is 5.69 Å². The molecule has 1 aromatic heterocycles. The fourth-order valence-electron chi connectivity index (χ4n) is 2.22. The Morgan fingerprint density at radius 1 is 1.30 bits per heavy atom. The van der Waals surface area contributed by atoms with E-state index in [0.29, 0.717) is 4.88 Å². The van der Waals surface area contributed by atoms with E-state index in [0.717, 1.165) is 27.7 Å². The number of aryl methyl sites for hydroxylation is 2. The number of nitrogens with one attached hydrogen (secondary N) is 1. The molecule has 0 aliphatic heterocycles. The maximum absolute atomic E-state index is 12.4. The number of benzene rings is 1. The van der Waals surface area contributed by atoms with Gasteiger partial charge in [-0.1, -0.05) is 22.9 Å². The van der Waals surface area contributed by atoms with Crippen molar-refractivity contribution in [3.8, 4) is 0 Å². The molecule has 122 valence electrons. The zero-order valence-corrected chi connectivity index (χ0v) is 15.8. The Hall–Kier alpha value is -1.66. The fourth-order valence-corrected chi connectivity index (χ4v) is 3.68. The van der Waals surface area contributed by atoms with Crippen LogP contribution in [-0.4, -0.2) is 30.3 Å². The van der Waals surface area contributed by atoms with Crippen LogP contribution in [0.1, 0.15) is 27.7 Å². The topological polar surface area (TPSA) is 49.4 Å². The molecule has 0 unspecified atom stereocenters. The summed E-state index contributed by atoms with van der Waals surface area (Å²) >= 11 is 4.81. The minimum atomic E-state index is -0.208. The van der Waals surface area contributed by atoms with E-state index in [-0.39, 0.29) is 18.4 Å². The van der Waals surface area contributed by atoms with Crippen molar-refractivity contribution in [3.05, 3.63) is 50.1 Å². The van der Waals surface area contributed by atoms with E-state index < -0.39 is 0 Å². The molecule has 0 aliphatic rings. The number of hydrogen-bond donors (Lipinski definition) is 1. The molecule has 0 radical (unpaired) electrons. The van der Waals surface area contributed by atoms with Gasteiger partial charge in [0.15, 0.2) is 0 Å². The molecule has 0 bridgehead atoms. The van der Waals surface area contributed by atoms with Gasteiger partial charge in [-0.15, -0.1) is 11.3 Å². The molecule has 6 heteroatoms. The lowest BCUT2D eigenvalue weighted by atomic mass is 10.2. The van der Waals surface area contributed by atoms with Crippen molar-refractivity contribution >= 4 is 44.8 Å². The largest absolute Gasteiger partial charge is 0.332 e. The summed E-state index contributed by atoms with van der Waals surface area (Å²) in [6.07, 6.45) is 0.808. The van der Waals surface area contributed by atoms with E-state index in [1.807, 2.05) is 43.5 Å². The Balaban J connectivity index is 2.00. The molecule has 0 saturated heterocycles. The molecule has 0 aliphatic carbocycles. The zero-order chi connectivity index (χ0) is 17.0. The summed E-state index contributed by atoms with van der Waals surface area (Å²) in [6, 6.07) is 7.60. The van der Waals surface area contributed by atoms with Gasteiger partial charge >= 0.3 is 0 Å². The molecule has 0 fully saturated rings. The van der Waals surface area contributed by atoms with Crippen LogP contribution in [0.15, 0.2) is 34.1 Å². The highest BCUT2D eigenvalue weighted by Crippen LogP contribution is 2.21. The third-order valence-electron chi connectivity index (χ3n) is 3.51. The number of likely N-dealkylation sites (N-methyl/N-ethyl adjacent to an activating group) is 1. The maximum Gasteiger partial charge on any atom is 0.264 e. The van der Waals surface area contributed by atoms with Gasteiger partial charge in [-0.2, -0.15) is 0 Å². The molecule has 1 aromatic carbocycles. The first-order valence-electron chi connectivity index (χ1n) is 7.30. The summed E-state index contributed by atoms with van der Waals surface area (Å²) in [5.41, 5.74) is 2.74. The number of hydrogen-bond acceptors (Lipinski definition) is 3. The van der Waals surface area contributed by atoms with Gasteiger partial charge in [0.25, 0.3) is 5.91 Å². The first kappa shape index (κ1) is 17.7. The van der Waals surface area contributed by atoms with Crippen LogP contribution >= 0.6 is 27.3 Å². The zero-order valence-electron chi connectivity index (χ0n) is 13.4. The second kappa shape index (κ2) is 7.75. The molecule has 0 atom stereocenters. The van der Waals surface area contributed by atoms with Crippen LogP contribution in [0.3, 0.4) is 0 Å². The van der Waals surface area contributed by atoms with Gasteiger partial charge in [0.05, 0.1) is 11.4 Å². The molecule has 0 saturated carbocycles. The van der Waals surface area contributed by atoms with Crippen LogP contribution in [-0.2, 0) is 11.2 Å². The Kier molecular flexibility index (Phi) is 5.96. The summed E-state index contributed by atoms with van der Waals surface area (Å²) in [5.74, 6) is -0.319. The number of carbonyl (C=O) groups is 2. The predicted octanol–water partition coefficient (Wildman–Crippen LogP) is 4.09. The average molecular weight is 395 g/mol. The van der Waals surface area contributed by atoms with E-state index >= 15 is 0 Å². The molecular formula is C17H19BrN2O2S. The number of carbonyl (C=O) groups excluding carboxylic acids is 2. The molecule has 2 rings (SSSR count). The highest BCUT2D eigenvalue weighted by molar-refractivity contribution is 9.10. The number of rotatable bonds is 5. The van der Waals surface area contributed by atoms with Crippen molar-refractivity contribution in [2.24, 2.45) is 0 Å². The summed E-state index contributed by atoms with van der Waals surface area (Å²) < 4.78 is 0.963. The molecule has 1 heterocycles. The molecule has 0 spiro atoms. The third kappa shape index (κ3) is 4.42. The Morgan fingerprint density at radius 3 is 2.70 bits per heavy atom. The number of thiophene rings is 1. The monoisotopic (exact) mass is 394 g/mol. The molecule has 4 nitrogen and oxygen atoms in total. The van der Waals surface area contributed by atoms with E-state index in [1.54, 1.807) is 7.05 Å². The van der Waals surface area contributed by atoms with Gasteiger partial charge in [0.2, 0.25) is 5.91 Å². The Labute approximate surface area is 148 Å². The van der Waals surface area contributed by atoms with Gasteiger partial charge in [-0.3, -0.25) is 9.59 Å². The Bertz CT molecular complexity index is 727. The molecule has 2 aromatic rings. The highest BCUT2D eigenvalue weighted by atomic mass is 79.9. The first-order valence-corrected chi connectivity index (χ1v) is 8.97. The number of halogens is 1. The van der Waals surface area contributed by atoms with Crippen molar-refractivity contribution in [1.82, 2.24) is 4.90 Å². The highest BCUT2D eigenvalue weighted by Gasteiger charge is 2.19. The summed E-state index contributed by atoms with van der Waals surface area (Å²) in [5, 5.41) is 4.75. The van der Waals surface area contributed by atoms with E-state index in [2.05, 4.69) is 21.2 Å². The summed E-state index contributed by atoms with van der Waals surface area (Å²) in [6.45, 7) is 3.96. The quantitative estimate of drug-likeness (QED) is 0.829. The second-order valence-electron chi connectivity index (χ2n) is 5.30. The summed E-state index contributed by atoms with van der Waals surface area (Å²) in [7, 11) is 1.65. The predicted molar refractivity (Wildman–Crippen MR) is 98.2 cm³/mol. The van der Waals surface area contributed by atoms with Crippen LogP contribution in [0.5, 0.6) is 0 Å². The van der Waals surface area contributed by atoms with E-state index in [9.17, 15) is 9.59 Å². The first-order chi connectivity index (χ1) is 10.9. The Morgan fingerprint density at radius 2 is 2.04 bits per heavy atom. The second-order valence-corrected chi connectivity index (χ2v) is 7.13. The molecular weight excluding hydrogens is 376 g/mol. The van der Waals surface area contributed by atoms with Crippen LogP contribution < -0.4 is 5.32 Å². The lowest BCUT2D eigenvalue weighted by molar-refractivity contribution is -0.116. The van der Waals surface area contributed by atoms with Crippen molar-refractivity contribution in [1.29, 1.82) is 0 Å². The summed E-state index contributed by atoms with van der Waals surface area (Å²) in [4.78, 5) is 26.8. The van der Waals surface area contributed by atoms with Gasteiger partial charge < -0.3 is 10.2 Å². The normalized spacial score (nSPS) is 10.4. The van der Waals surface area contributed by atoms with Crippen LogP contribution in [0, 0.1) is 6.92 Å². The van der Waals surface area contributed by atoms with Crippen molar-refractivity contribution in [3.63, 3.8) is 0 Å². The van der Waals surface area contributed by atoms with Gasteiger partial charge in [-0.25, -0.2) is 0 Å². The number of nitrogens with zero attached hydrogens (tertiary/aromatic N) is 1. The minimum Gasteiger partial charge on any atom is -0.332 e. The fraction of sp³-hybridized carbons (Fsp3) is 0.294. The standard InChI is InChI=1S/C17H19BrN2O2S/c1-4-12-7-8-23-16(12)17(22)20(3)10-15(21)19-14-6-5-13(18)9-11(14)2/h5-9H,4,10H2,1-3H3,(H,19,21). The number of amides is 2. The number of anilines is 1. The van der Waals surface area contributed by atoms with Crippen molar-refractivity contribution in [2.75, 3.05) is 18.9 Å². The van der Waals surface area contributed by atoms with Crippen molar-refractivity contribution in [2.45, 2.75) is 20.3 Å². The molecule has 23 heavy (non-hydrogen) atoms. The SMILES string of the molecule is CCc1ccsc1C(=O)N(C)CC(=O)Nc1ccc(Br)cc1C. The lowest BCUT2D eigenvalue weighted by Gasteiger charge is -2.17. The van der Waals surface area contributed by atoms with Gasteiger partial charge in [0.1, 0.15) is 0 Å². The van der Waals surface area contributed by atoms with Crippen LogP contribution in [0.2, 0.25) is 0 Å². The van der Waals surface area contributed by atoms with Gasteiger partial charge in [-0.05, 0) is 54.1 Å². The smallest absolute Gasteiger partial charge is 0.264 e. The van der Waals surface area contributed by atoms with Crippen LogP contribution in [0.25, 0.3) is 0 Å². The van der Waals surface area contributed by atoms with E-state index in [1.165, 1.54) is 16.2 Å². The molecule has 1 N–H and O–H groups in total. The van der Waals surface area contributed by atoms with E-state index in [4.69, 9.17) is 0 Å². The van der Waals surface area contributed by atoms with Crippen molar-refractivity contribution < 1.29 is 9.59 Å². The maximum atomic E-state index is 12.4. The lowest BCUT2D eigenvalue weighted by Crippen LogP contribution is -2.35.